The molecule has 0 unspecified atom stereocenters. The van der Waals surface area contributed by atoms with Gasteiger partial charge in [-0.2, -0.15) is 0 Å². The summed E-state index contributed by atoms with van der Waals surface area (Å²) in [6.07, 6.45) is 1.21. The Morgan fingerprint density at radius 2 is 1.90 bits per heavy atom. The van der Waals surface area contributed by atoms with Crippen LogP contribution in [0.2, 0.25) is 5.02 Å². The number of carbonyl (C=O) groups excluding carboxylic acids is 3. The van der Waals surface area contributed by atoms with E-state index in [0.717, 1.165) is 24.6 Å². The van der Waals surface area contributed by atoms with Crippen LogP contribution in [0.25, 0.3) is 0 Å². The molecule has 9 nitrogen and oxygen atoms in total. The molecular formula is C19H20ClN5O4S. The van der Waals surface area contributed by atoms with Crippen LogP contribution in [0.4, 0.5) is 10.8 Å². The fourth-order valence-electron chi connectivity index (χ4n) is 3.28. The standard InChI is InChI=1S/C19H20ClN5O4S/c20-13-4-3-12(10-15(13)25-5-1-2-16(25)26)17(27)22-23-18(28)14-11-30-19(21-14)24-6-8-29-9-7-24/h3-4,10-11H,1-2,5-9H2,(H,22,27)(H,23,28). The molecule has 3 heterocycles. The van der Waals surface area contributed by atoms with E-state index in [4.69, 9.17) is 16.3 Å². The monoisotopic (exact) mass is 449 g/mol. The highest BCUT2D eigenvalue weighted by atomic mass is 35.5. The summed E-state index contributed by atoms with van der Waals surface area (Å²) in [7, 11) is 0. The summed E-state index contributed by atoms with van der Waals surface area (Å²) in [6, 6.07) is 4.65. The summed E-state index contributed by atoms with van der Waals surface area (Å²) >= 11 is 7.57. The average Bonchev–Trinajstić information content (AvgIpc) is 3.42. The van der Waals surface area contributed by atoms with E-state index in [1.807, 2.05) is 0 Å². The molecule has 2 saturated heterocycles. The molecule has 1 aromatic heterocycles. The molecule has 0 atom stereocenters. The Labute approximate surface area is 181 Å². The molecule has 158 valence electrons. The third kappa shape index (κ3) is 4.40. The Morgan fingerprint density at radius 1 is 1.13 bits per heavy atom. The smallest absolute Gasteiger partial charge is 0.289 e. The minimum atomic E-state index is -0.517. The normalized spacial score (nSPS) is 16.6. The Bertz CT molecular complexity index is 976. The molecule has 2 aliphatic heterocycles. The summed E-state index contributed by atoms with van der Waals surface area (Å²) in [4.78, 5) is 44.8. The van der Waals surface area contributed by atoms with E-state index >= 15 is 0 Å². The first kappa shape index (κ1) is 20.6. The van der Waals surface area contributed by atoms with E-state index in [1.165, 1.54) is 17.4 Å². The van der Waals surface area contributed by atoms with E-state index in [0.29, 0.717) is 36.9 Å². The van der Waals surface area contributed by atoms with Crippen LogP contribution in [0, 0.1) is 0 Å². The molecule has 1 aromatic carbocycles. The fraction of sp³-hybridized carbons (Fsp3) is 0.368. The van der Waals surface area contributed by atoms with Crippen LogP contribution in [-0.2, 0) is 9.53 Å². The Hall–Kier alpha value is -2.69. The molecule has 3 amide bonds. The predicted molar refractivity (Wildman–Crippen MR) is 113 cm³/mol. The van der Waals surface area contributed by atoms with Crippen molar-refractivity contribution in [3.05, 3.63) is 39.9 Å². The number of thiazole rings is 1. The van der Waals surface area contributed by atoms with Gasteiger partial charge >= 0.3 is 0 Å². The summed E-state index contributed by atoms with van der Waals surface area (Å²) in [5.74, 6) is -1.05. The first-order chi connectivity index (χ1) is 14.5. The second-order valence-electron chi connectivity index (χ2n) is 6.84. The van der Waals surface area contributed by atoms with Crippen molar-refractivity contribution in [2.75, 3.05) is 42.6 Å². The predicted octanol–water partition coefficient (Wildman–Crippen LogP) is 1.83. The maximum absolute atomic E-state index is 12.5. The van der Waals surface area contributed by atoms with Crippen molar-refractivity contribution in [1.82, 2.24) is 15.8 Å². The van der Waals surface area contributed by atoms with Gasteiger partial charge in [0.15, 0.2) is 5.13 Å². The highest BCUT2D eigenvalue weighted by molar-refractivity contribution is 7.13. The number of morpholine rings is 1. The summed E-state index contributed by atoms with van der Waals surface area (Å²) in [5.41, 5.74) is 5.75. The third-order valence-electron chi connectivity index (χ3n) is 4.87. The molecule has 2 N–H and O–H groups in total. The summed E-state index contributed by atoms with van der Waals surface area (Å²) < 4.78 is 5.31. The number of amides is 3. The highest BCUT2D eigenvalue weighted by Crippen LogP contribution is 2.30. The van der Waals surface area contributed by atoms with Crippen LogP contribution in [0.15, 0.2) is 23.6 Å². The average molecular weight is 450 g/mol. The molecule has 4 rings (SSSR count). The Kier molecular flexibility index (Phi) is 6.16. The van der Waals surface area contributed by atoms with Gasteiger partial charge in [0.1, 0.15) is 5.69 Å². The lowest BCUT2D eigenvalue weighted by Gasteiger charge is -2.25. The van der Waals surface area contributed by atoms with E-state index in [9.17, 15) is 14.4 Å². The number of halogens is 1. The van der Waals surface area contributed by atoms with Gasteiger partial charge in [-0.15, -0.1) is 11.3 Å². The van der Waals surface area contributed by atoms with Crippen LogP contribution in [0.3, 0.4) is 0 Å². The number of hydrazine groups is 1. The van der Waals surface area contributed by atoms with Gasteiger partial charge in [0.25, 0.3) is 11.8 Å². The van der Waals surface area contributed by atoms with Crippen molar-refractivity contribution in [2.45, 2.75) is 12.8 Å². The maximum atomic E-state index is 12.5. The number of rotatable bonds is 4. The quantitative estimate of drug-likeness (QED) is 0.690. The zero-order valence-corrected chi connectivity index (χ0v) is 17.6. The number of carbonyl (C=O) groups is 3. The third-order valence-corrected chi connectivity index (χ3v) is 6.09. The maximum Gasteiger partial charge on any atom is 0.289 e. The van der Waals surface area contributed by atoms with Gasteiger partial charge in [-0.25, -0.2) is 4.98 Å². The lowest BCUT2D eigenvalue weighted by Crippen LogP contribution is -2.42. The number of hydrogen-bond donors (Lipinski definition) is 2. The van der Waals surface area contributed by atoms with Crippen LogP contribution in [-0.4, -0.2) is 55.6 Å². The number of ether oxygens (including phenoxy) is 1. The number of hydrogen-bond acceptors (Lipinski definition) is 7. The van der Waals surface area contributed by atoms with Gasteiger partial charge in [-0.3, -0.25) is 25.2 Å². The molecule has 11 heteroatoms. The Balaban J connectivity index is 1.38. The summed E-state index contributed by atoms with van der Waals surface area (Å²) in [5, 5.41) is 2.78. The SMILES string of the molecule is O=C(NNC(=O)c1csc(N2CCOCC2)n1)c1ccc(Cl)c(N2CCCC2=O)c1. The van der Waals surface area contributed by atoms with Gasteiger partial charge in [-0.1, -0.05) is 11.6 Å². The number of benzene rings is 1. The van der Waals surface area contributed by atoms with E-state index in [-0.39, 0.29) is 17.2 Å². The Morgan fingerprint density at radius 3 is 2.63 bits per heavy atom. The lowest BCUT2D eigenvalue weighted by molar-refractivity contribution is -0.117. The number of anilines is 2. The molecule has 2 aromatic rings. The minimum Gasteiger partial charge on any atom is -0.378 e. The van der Waals surface area contributed by atoms with Gasteiger partial charge in [-0.05, 0) is 24.6 Å². The number of nitrogens with zero attached hydrogens (tertiary/aromatic N) is 3. The van der Waals surface area contributed by atoms with Crippen molar-refractivity contribution in [2.24, 2.45) is 0 Å². The van der Waals surface area contributed by atoms with Gasteiger partial charge < -0.3 is 14.5 Å². The largest absolute Gasteiger partial charge is 0.378 e. The molecule has 2 fully saturated rings. The van der Waals surface area contributed by atoms with Crippen molar-refractivity contribution in [3.63, 3.8) is 0 Å². The van der Waals surface area contributed by atoms with Crippen LogP contribution in [0.5, 0.6) is 0 Å². The van der Waals surface area contributed by atoms with E-state index in [1.54, 1.807) is 22.4 Å². The first-order valence-electron chi connectivity index (χ1n) is 9.52. The zero-order valence-electron chi connectivity index (χ0n) is 16.0. The van der Waals surface area contributed by atoms with E-state index in [2.05, 4.69) is 20.7 Å². The second-order valence-corrected chi connectivity index (χ2v) is 8.08. The molecule has 0 bridgehead atoms. The van der Waals surface area contributed by atoms with Crippen LogP contribution in [0.1, 0.15) is 33.7 Å². The van der Waals surface area contributed by atoms with Gasteiger partial charge in [0.05, 0.1) is 23.9 Å². The van der Waals surface area contributed by atoms with Crippen molar-refractivity contribution < 1.29 is 19.1 Å². The van der Waals surface area contributed by atoms with Crippen molar-refractivity contribution in [3.8, 4) is 0 Å². The minimum absolute atomic E-state index is 0.0256. The lowest BCUT2D eigenvalue weighted by atomic mass is 10.2. The molecule has 30 heavy (non-hydrogen) atoms. The van der Waals surface area contributed by atoms with Crippen molar-refractivity contribution in [1.29, 1.82) is 0 Å². The molecule has 0 saturated carbocycles. The van der Waals surface area contributed by atoms with Crippen LogP contribution >= 0.6 is 22.9 Å². The zero-order chi connectivity index (χ0) is 21.1. The summed E-state index contributed by atoms with van der Waals surface area (Å²) in [6.45, 7) is 3.27. The molecule has 0 aliphatic carbocycles. The number of aromatic nitrogens is 1. The molecule has 0 spiro atoms. The van der Waals surface area contributed by atoms with E-state index < -0.39 is 11.8 Å². The number of nitrogens with one attached hydrogen (secondary N) is 2. The van der Waals surface area contributed by atoms with Crippen molar-refractivity contribution >= 4 is 51.5 Å². The first-order valence-corrected chi connectivity index (χ1v) is 10.8. The van der Waals surface area contributed by atoms with Gasteiger partial charge in [0.2, 0.25) is 5.91 Å². The highest BCUT2D eigenvalue weighted by Gasteiger charge is 2.25. The fourth-order valence-corrected chi connectivity index (χ4v) is 4.36. The second kappa shape index (κ2) is 8.99. The molecular weight excluding hydrogens is 430 g/mol. The van der Waals surface area contributed by atoms with Gasteiger partial charge in [0, 0.05) is 37.0 Å². The molecule has 2 aliphatic rings. The molecule has 0 radical (unpaired) electrons. The topological polar surface area (TPSA) is 104 Å². The van der Waals surface area contributed by atoms with Crippen LogP contribution < -0.4 is 20.7 Å².